The minimum Gasteiger partial charge on any atom is -0.340 e. The Kier molecular flexibility index (Phi) is 3.59. The average Bonchev–Trinajstić information content (AvgIpc) is 3.02. The van der Waals surface area contributed by atoms with Gasteiger partial charge in [-0.2, -0.15) is 11.8 Å². The number of nitrogens with one attached hydrogen (secondary N) is 1. The van der Waals surface area contributed by atoms with Crippen molar-refractivity contribution in [3.05, 3.63) is 4.77 Å². The molecule has 2 rings (SSSR count). The normalized spacial score (nSPS) is 17.4. The Bertz CT molecular complexity index is 407. The lowest BCUT2D eigenvalue weighted by Crippen LogP contribution is -2.33. The first-order valence-corrected chi connectivity index (χ1v) is 7.34. The van der Waals surface area contributed by atoms with Crippen LogP contribution in [-0.4, -0.2) is 39.9 Å². The molecule has 1 saturated carbocycles. The number of nitrogens with zero attached hydrogens (tertiary/aromatic N) is 3. The largest absolute Gasteiger partial charge is 0.340 e. The summed E-state index contributed by atoms with van der Waals surface area (Å²) in [4.78, 5) is 2.21. The topological polar surface area (TPSA) is 36.9 Å². The van der Waals surface area contributed by atoms with Gasteiger partial charge in [-0.3, -0.25) is 4.57 Å². The maximum Gasteiger partial charge on any atom is 0.225 e. The van der Waals surface area contributed by atoms with Crippen LogP contribution in [-0.2, 0) is 0 Å². The summed E-state index contributed by atoms with van der Waals surface area (Å²) in [5, 5.41) is 7.25. The second-order valence-corrected chi connectivity index (χ2v) is 5.64. The number of hydrogen-bond donors (Lipinski definition) is 1. The van der Waals surface area contributed by atoms with Crippen molar-refractivity contribution in [1.29, 1.82) is 0 Å². The number of hydrogen-bond acceptors (Lipinski definition) is 4. The third-order valence-electron chi connectivity index (χ3n) is 2.98. The zero-order chi connectivity index (χ0) is 11.7. The van der Waals surface area contributed by atoms with Crippen molar-refractivity contribution in [3.63, 3.8) is 0 Å². The molecule has 1 N–H and O–H groups in total. The van der Waals surface area contributed by atoms with Crippen LogP contribution >= 0.6 is 24.0 Å². The van der Waals surface area contributed by atoms with Gasteiger partial charge in [-0.05, 0) is 38.2 Å². The summed E-state index contributed by atoms with van der Waals surface area (Å²) >= 11 is 7.13. The number of thioether (sulfide) groups is 1. The van der Waals surface area contributed by atoms with Crippen molar-refractivity contribution in [2.45, 2.75) is 31.8 Å². The van der Waals surface area contributed by atoms with Crippen molar-refractivity contribution in [2.24, 2.45) is 0 Å². The second kappa shape index (κ2) is 4.79. The maximum atomic E-state index is 5.27. The molecule has 0 spiro atoms. The Morgan fingerprint density at radius 2 is 2.38 bits per heavy atom. The SMILES string of the molecule is CSCC(C)N(C)c1n[nH]c(=S)n1C1CC1. The number of anilines is 1. The highest BCUT2D eigenvalue weighted by molar-refractivity contribution is 7.98. The number of rotatable bonds is 5. The fraction of sp³-hybridized carbons (Fsp3) is 0.800. The minimum atomic E-state index is 0.470. The van der Waals surface area contributed by atoms with Crippen molar-refractivity contribution in [3.8, 4) is 0 Å². The molecule has 1 heterocycles. The fourth-order valence-electron chi connectivity index (χ4n) is 1.76. The Balaban J connectivity index is 2.22. The van der Waals surface area contributed by atoms with Gasteiger partial charge in [0.1, 0.15) is 0 Å². The molecule has 90 valence electrons. The summed E-state index contributed by atoms with van der Waals surface area (Å²) in [6.07, 6.45) is 4.58. The molecule has 4 nitrogen and oxygen atoms in total. The van der Waals surface area contributed by atoms with E-state index in [0.717, 1.165) is 16.5 Å². The van der Waals surface area contributed by atoms with E-state index >= 15 is 0 Å². The molecular formula is C10H18N4S2. The third-order valence-corrected chi connectivity index (χ3v) is 4.09. The van der Waals surface area contributed by atoms with Gasteiger partial charge in [0.25, 0.3) is 0 Å². The third kappa shape index (κ3) is 2.27. The van der Waals surface area contributed by atoms with Crippen LogP contribution in [0, 0.1) is 4.77 Å². The molecule has 6 heteroatoms. The molecule has 16 heavy (non-hydrogen) atoms. The number of aromatic amines is 1. The highest BCUT2D eigenvalue weighted by Crippen LogP contribution is 2.37. The molecule has 0 amide bonds. The van der Waals surface area contributed by atoms with Crippen LogP contribution in [0.25, 0.3) is 0 Å². The van der Waals surface area contributed by atoms with Gasteiger partial charge in [0.15, 0.2) is 4.77 Å². The lowest BCUT2D eigenvalue weighted by Gasteiger charge is -2.25. The van der Waals surface area contributed by atoms with E-state index in [0.29, 0.717) is 12.1 Å². The second-order valence-electron chi connectivity index (χ2n) is 4.35. The zero-order valence-corrected chi connectivity index (χ0v) is 11.6. The van der Waals surface area contributed by atoms with Crippen LogP contribution in [0.15, 0.2) is 0 Å². The standard InChI is InChI=1S/C10H18N4S2/c1-7(6-16-3)13(2)9-11-12-10(15)14(9)8-4-5-8/h7-8H,4-6H2,1-3H3,(H,12,15). The van der Waals surface area contributed by atoms with Crippen LogP contribution in [0.2, 0.25) is 0 Å². The summed E-state index contributed by atoms with van der Waals surface area (Å²) in [5.74, 6) is 2.08. The van der Waals surface area contributed by atoms with Gasteiger partial charge in [-0.15, -0.1) is 5.10 Å². The fourth-order valence-corrected chi connectivity index (χ4v) is 2.74. The van der Waals surface area contributed by atoms with Crippen molar-refractivity contribution in [1.82, 2.24) is 14.8 Å². The predicted octanol–water partition coefficient (Wildman–Crippen LogP) is 2.46. The first-order chi connectivity index (χ1) is 7.65. The lowest BCUT2D eigenvalue weighted by molar-refractivity contribution is 0.666. The van der Waals surface area contributed by atoms with E-state index in [1.165, 1.54) is 12.8 Å². The van der Waals surface area contributed by atoms with Crippen molar-refractivity contribution >= 4 is 29.9 Å². The minimum absolute atomic E-state index is 0.470. The van der Waals surface area contributed by atoms with Crippen molar-refractivity contribution < 1.29 is 0 Å². The van der Waals surface area contributed by atoms with E-state index in [1.807, 2.05) is 11.8 Å². The predicted molar refractivity (Wildman–Crippen MR) is 71.9 cm³/mol. The molecule has 1 aromatic heterocycles. The quantitative estimate of drug-likeness (QED) is 0.823. The molecule has 0 bridgehead atoms. The van der Waals surface area contributed by atoms with Crippen molar-refractivity contribution in [2.75, 3.05) is 24.0 Å². The summed E-state index contributed by atoms with van der Waals surface area (Å²) in [7, 11) is 2.09. The molecule has 0 aliphatic heterocycles. The summed E-state index contributed by atoms with van der Waals surface area (Å²) in [6.45, 7) is 2.21. The van der Waals surface area contributed by atoms with E-state index in [9.17, 15) is 0 Å². The highest BCUT2D eigenvalue weighted by atomic mass is 32.2. The molecule has 1 aliphatic rings. The van der Waals surface area contributed by atoms with Crippen LogP contribution in [0.4, 0.5) is 5.95 Å². The average molecular weight is 258 g/mol. The molecule has 0 aromatic carbocycles. The zero-order valence-electron chi connectivity index (χ0n) is 9.93. The molecule has 1 fully saturated rings. The molecular weight excluding hydrogens is 240 g/mol. The van der Waals surface area contributed by atoms with E-state index in [2.05, 4.69) is 39.9 Å². The highest BCUT2D eigenvalue weighted by Gasteiger charge is 2.29. The van der Waals surface area contributed by atoms with Crippen LogP contribution in [0.5, 0.6) is 0 Å². The number of H-pyrrole nitrogens is 1. The molecule has 0 radical (unpaired) electrons. The molecule has 0 saturated heterocycles. The number of aromatic nitrogens is 3. The summed E-state index contributed by atoms with van der Waals surface area (Å²) in [5.41, 5.74) is 0. The monoisotopic (exact) mass is 258 g/mol. The molecule has 1 unspecified atom stereocenters. The first-order valence-electron chi connectivity index (χ1n) is 5.53. The first kappa shape index (κ1) is 12.0. The Hall–Kier alpha value is -0.490. The van der Waals surface area contributed by atoms with E-state index < -0.39 is 0 Å². The van der Waals surface area contributed by atoms with Gasteiger partial charge in [0.05, 0.1) is 0 Å². The molecule has 1 aliphatic carbocycles. The van der Waals surface area contributed by atoms with Gasteiger partial charge >= 0.3 is 0 Å². The van der Waals surface area contributed by atoms with Gasteiger partial charge < -0.3 is 4.90 Å². The Labute approximate surface area is 105 Å². The lowest BCUT2D eigenvalue weighted by atomic mass is 10.3. The van der Waals surface area contributed by atoms with Crippen LogP contribution in [0.3, 0.4) is 0 Å². The molecule has 1 aromatic rings. The van der Waals surface area contributed by atoms with Gasteiger partial charge in [-0.1, -0.05) is 0 Å². The van der Waals surface area contributed by atoms with Gasteiger partial charge in [0.2, 0.25) is 5.95 Å². The van der Waals surface area contributed by atoms with E-state index in [-0.39, 0.29) is 0 Å². The maximum absolute atomic E-state index is 5.27. The van der Waals surface area contributed by atoms with Gasteiger partial charge in [-0.25, -0.2) is 5.10 Å². The smallest absolute Gasteiger partial charge is 0.225 e. The Morgan fingerprint density at radius 1 is 1.69 bits per heavy atom. The molecule has 1 atom stereocenters. The van der Waals surface area contributed by atoms with Crippen LogP contribution < -0.4 is 4.90 Å². The van der Waals surface area contributed by atoms with Crippen LogP contribution in [0.1, 0.15) is 25.8 Å². The van der Waals surface area contributed by atoms with E-state index in [1.54, 1.807) is 0 Å². The van der Waals surface area contributed by atoms with E-state index in [4.69, 9.17) is 12.2 Å². The Morgan fingerprint density at radius 3 is 2.94 bits per heavy atom. The van der Waals surface area contributed by atoms with Gasteiger partial charge in [0, 0.05) is 24.9 Å². The summed E-state index contributed by atoms with van der Waals surface area (Å²) < 4.78 is 2.91. The summed E-state index contributed by atoms with van der Waals surface area (Å²) in [6, 6.07) is 1.04.